The van der Waals surface area contributed by atoms with E-state index in [1.807, 2.05) is 4.90 Å². The third-order valence-corrected chi connectivity index (χ3v) is 8.27. The highest BCUT2D eigenvalue weighted by atomic mass is 32.1. The largest absolute Gasteiger partial charge is 0.416 e. The van der Waals surface area contributed by atoms with Gasteiger partial charge in [0.1, 0.15) is 10.5 Å². The Morgan fingerprint density at radius 1 is 1.00 bits per heavy atom. The van der Waals surface area contributed by atoms with E-state index in [-0.39, 0.29) is 11.5 Å². The fraction of sp³-hybridized carbons (Fsp3) is 0.346. The summed E-state index contributed by atoms with van der Waals surface area (Å²) in [6.07, 6.45) is 1.22. The number of thiophene rings is 1. The van der Waals surface area contributed by atoms with E-state index in [4.69, 9.17) is 4.98 Å². The van der Waals surface area contributed by atoms with Crippen LogP contribution in [0, 0.1) is 0 Å². The van der Waals surface area contributed by atoms with Crippen molar-refractivity contribution in [3.05, 3.63) is 74.5 Å². The van der Waals surface area contributed by atoms with Crippen LogP contribution in [-0.4, -0.2) is 46.4 Å². The minimum atomic E-state index is -4.40. The fourth-order valence-electron chi connectivity index (χ4n) is 5.18. The van der Waals surface area contributed by atoms with E-state index in [0.29, 0.717) is 48.5 Å². The lowest BCUT2D eigenvalue weighted by molar-refractivity contribution is -0.137. The van der Waals surface area contributed by atoms with Gasteiger partial charge in [0, 0.05) is 42.9 Å². The molecule has 2 aliphatic rings. The van der Waals surface area contributed by atoms with Crippen LogP contribution in [0.15, 0.2) is 47.4 Å². The van der Waals surface area contributed by atoms with Gasteiger partial charge in [0.05, 0.1) is 16.5 Å². The molecule has 0 N–H and O–H groups in total. The van der Waals surface area contributed by atoms with Gasteiger partial charge in [-0.25, -0.2) is 4.98 Å². The summed E-state index contributed by atoms with van der Waals surface area (Å²) < 4.78 is 40.7. The molecule has 1 aliphatic heterocycles. The van der Waals surface area contributed by atoms with Crippen LogP contribution >= 0.6 is 11.3 Å². The smallest absolute Gasteiger partial charge is 0.368 e. The normalized spacial score (nSPS) is 16.5. The van der Waals surface area contributed by atoms with Gasteiger partial charge < -0.3 is 9.80 Å². The Bertz CT molecular complexity index is 1550. The van der Waals surface area contributed by atoms with E-state index in [9.17, 15) is 22.8 Å². The molecule has 4 aromatic rings. The monoisotopic (exact) mass is 512 g/mol. The average molecular weight is 513 g/mol. The summed E-state index contributed by atoms with van der Waals surface area (Å²) in [5, 5.41) is 0.673. The van der Waals surface area contributed by atoms with Crippen LogP contribution in [0.3, 0.4) is 0 Å². The molecule has 0 spiro atoms. The van der Waals surface area contributed by atoms with Crippen LogP contribution in [0.2, 0.25) is 0 Å². The summed E-state index contributed by atoms with van der Waals surface area (Å²) >= 11 is 1.60. The molecule has 1 fully saturated rings. The number of alkyl halides is 3. The highest BCUT2D eigenvalue weighted by Gasteiger charge is 2.31. The van der Waals surface area contributed by atoms with Crippen LogP contribution in [0.1, 0.15) is 39.2 Å². The first-order valence-electron chi connectivity index (χ1n) is 12.0. The van der Waals surface area contributed by atoms with Crippen LogP contribution in [0.25, 0.3) is 15.9 Å². The van der Waals surface area contributed by atoms with Gasteiger partial charge in [0.25, 0.3) is 11.5 Å². The second-order valence-corrected chi connectivity index (χ2v) is 10.4. The van der Waals surface area contributed by atoms with Gasteiger partial charge in [0.15, 0.2) is 0 Å². The molecule has 0 radical (unpaired) electrons. The Morgan fingerprint density at radius 2 is 1.78 bits per heavy atom. The van der Waals surface area contributed by atoms with E-state index >= 15 is 0 Å². The van der Waals surface area contributed by atoms with Gasteiger partial charge in [-0.1, -0.05) is 6.07 Å². The number of amides is 1. The highest BCUT2D eigenvalue weighted by Crippen LogP contribution is 2.34. The Hall–Kier alpha value is -3.40. The van der Waals surface area contributed by atoms with E-state index in [0.717, 1.165) is 48.2 Å². The maximum Gasteiger partial charge on any atom is 0.416 e. The van der Waals surface area contributed by atoms with Crippen molar-refractivity contribution in [2.24, 2.45) is 0 Å². The van der Waals surface area contributed by atoms with E-state index in [2.05, 4.69) is 0 Å². The van der Waals surface area contributed by atoms with Gasteiger partial charge in [-0.3, -0.25) is 14.0 Å². The molecule has 3 aromatic heterocycles. The first-order valence-corrected chi connectivity index (χ1v) is 12.8. The van der Waals surface area contributed by atoms with Crippen LogP contribution in [0.5, 0.6) is 0 Å². The third kappa shape index (κ3) is 3.93. The maximum atomic E-state index is 13.4. The molecule has 6 rings (SSSR count). The number of rotatable bonds is 2. The first kappa shape index (κ1) is 23.0. The summed E-state index contributed by atoms with van der Waals surface area (Å²) in [5.74, 6) is -0.208. The van der Waals surface area contributed by atoms with Crippen molar-refractivity contribution < 1.29 is 18.0 Å². The van der Waals surface area contributed by atoms with E-state index in [1.165, 1.54) is 15.3 Å². The summed E-state index contributed by atoms with van der Waals surface area (Å²) in [7, 11) is 0. The molecule has 6 nitrogen and oxygen atoms in total. The molecule has 0 unspecified atom stereocenters. The predicted octanol–water partition coefficient (Wildman–Crippen LogP) is 4.77. The van der Waals surface area contributed by atoms with Gasteiger partial charge in [-0.05, 0) is 61.6 Å². The van der Waals surface area contributed by atoms with Crippen molar-refractivity contribution >= 4 is 38.8 Å². The number of hydrogen-bond donors (Lipinski definition) is 0. The zero-order valence-corrected chi connectivity index (χ0v) is 20.2. The second kappa shape index (κ2) is 8.62. The third-order valence-electron chi connectivity index (χ3n) is 7.08. The highest BCUT2D eigenvalue weighted by molar-refractivity contribution is 7.18. The topological polar surface area (TPSA) is 57.9 Å². The molecule has 0 saturated carbocycles. The lowest BCUT2D eigenvalue weighted by atomic mass is 9.97. The molecule has 4 heterocycles. The number of piperazine rings is 1. The van der Waals surface area contributed by atoms with Crippen LogP contribution in [-0.2, 0) is 19.0 Å². The lowest BCUT2D eigenvalue weighted by Crippen LogP contribution is -2.48. The van der Waals surface area contributed by atoms with E-state index in [1.54, 1.807) is 40.6 Å². The van der Waals surface area contributed by atoms with Crippen molar-refractivity contribution in [3.63, 3.8) is 0 Å². The van der Waals surface area contributed by atoms with Crippen molar-refractivity contribution in [3.8, 4) is 0 Å². The Kier molecular flexibility index (Phi) is 5.51. The number of aromatic nitrogens is 2. The predicted molar refractivity (Wildman–Crippen MR) is 133 cm³/mol. The van der Waals surface area contributed by atoms with Crippen LogP contribution < -0.4 is 10.5 Å². The minimum Gasteiger partial charge on any atom is -0.368 e. The van der Waals surface area contributed by atoms with Crippen molar-refractivity contribution in [1.82, 2.24) is 14.3 Å². The number of halogens is 3. The standard InChI is InChI=1S/C26H23F3N4O2S/c27-26(28,29)17-4-3-5-18(14-17)31-10-12-32(13-11-31)24(34)16-8-9-21-30-23-22(25(35)33(21)15-16)19-6-1-2-7-20(19)36-23/h3-5,8-9,14-15H,1-2,6-7,10-13H2. The molecular formula is C26H23F3N4O2S. The number of anilines is 1. The number of carbonyl (C=O) groups is 1. The van der Waals surface area contributed by atoms with Crippen molar-refractivity contribution in [2.45, 2.75) is 31.9 Å². The second-order valence-electron chi connectivity index (χ2n) is 9.28. The number of aryl methyl sites for hydroxylation is 2. The van der Waals surface area contributed by atoms with E-state index < -0.39 is 11.7 Å². The van der Waals surface area contributed by atoms with Gasteiger partial charge in [0.2, 0.25) is 0 Å². The quantitative estimate of drug-likeness (QED) is 0.388. The zero-order valence-electron chi connectivity index (χ0n) is 19.3. The summed E-state index contributed by atoms with van der Waals surface area (Å²) in [6, 6.07) is 8.63. The molecule has 1 aliphatic carbocycles. The number of carbonyl (C=O) groups excluding carboxylic acids is 1. The molecule has 0 atom stereocenters. The number of pyridine rings is 1. The molecule has 1 amide bonds. The van der Waals surface area contributed by atoms with Crippen molar-refractivity contribution in [1.29, 1.82) is 0 Å². The summed E-state index contributed by atoms with van der Waals surface area (Å²) in [4.78, 5) is 36.9. The SMILES string of the molecule is O=C(c1ccc2nc3sc4c(c3c(=O)n2c1)CCCC4)N1CCN(c2cccc(C(F)(F)F)c2)CC1. The number of benzene rings is 1. The average Bonchev–Trinajstić information content (AvgIpc) is 3.26. The molecule has 186 valence electrons. The molecular weight excluding hydrogens is 489 g/mol. The molecule has 1 saturated heterocycles. The van der Waals surface area contributed by atoms with Crippen LogP contribution in [0.4, 0.5) is 18.9 Å². The zero-order chi connectivity index (χ0) is 25.0. The van der Waals surface area contributed by atoms with Crippen molar-refractivity contribution in [2.75, 3.05) is 31.1 Å². The Morgan fingerprint density at radius 3 is 2.56 bits per heavy atom. The van der Waals surface area contributed by atoms with Gasteiger partial charge >= 0.3 is 6.18 Å². The number of nitrogens with zero attached hydrogens (tertiary/aromatic N) is 4. The first-order chi connectivity index (χ1) is 17.3. The number of fused-ring (bicyclic) bond motifs is 4. The summed E-state index contributed by atoms with van der Waals surface area (Å²) in [6.45, 7) is 1.59. The Labute approximate surface area is 208 Å². The molecule has 10 heteroatoms. The lowest BCUT2D eigenvalue weighted by Gasteiger charge is -2.36. The maximum absolute atomic E-state index is 13.4. The fourth-order valence-corrected chi connectivity index (χ4v) is 6.44. The minimum absolute atomic E-state index is 0.140. The summed E-state index contributed by atoms with van der Waals surface area (Å²) in [5.41, 5.74) is 1.67. The molecule has 0 bridgehead atoms. The number of hydrogen-bond acceptors (Lipinski definition) is 5. The van der Waals surface area contributed by atoms with Gasteiger partial charge in [-0.2, -0.15) is 13.2 Å². The molecule has 36 heavy (non-hydrogen) atoms. The molecule has 1 aromatic carbocycles. The Balaban J connectivity index is 1.24. The van der Waals surface area contributed by atoms with Gasteiger partial charge in [-0.15, -0.1) is 11.3 Å².